The minimum absolute atomic E-state index is 0.128. The maximum absolute atomic E-state index is 11.1. The lowest BCUT2D eigenvalue weighted by Gasteiger charge is -2.32. The molecule has 0 saturated heterocycles. The lowest BCUT2D eigenvalue weighted by molar-refractivity contribution is -0.120. The molecular weight excluding hydrogens is 200 g/mol. The molecule has 1 aliphatic rings. The Labute approximate surface area is 99.4 Å². The first-order valence-corrected chi connectivity index (χ1v) is 6.57. The van der Waals surface area contributed by atoms with Crippen LogP contribution in [-0.2, 0) is 4.79 Å². The molecule has 1 rings (SSSR count). The van der Waals surface area contributed by atoms with Crippen LogP contribution in [0.4, 0.5) is 0 Å². The minimum Gasteiger partial charge on any atom is -0.359 e. The van der Waals surface area contributed by atoms with Crippen LogP contribution in [0.2, 0.25) is 0 Å². The van der Waals surface area contributed by atoms with Crippen molar-refractivity contribution in [2.75, 3.05) is 13.6 Å². The number of nitrogens with one attached hydrogen (secondary N) is 2. The van der Waals surface area contributed by atoms with Gasteiger partial charge < -0.3 is 10.6 Å². The van der Waals surface area contributed by atoms with Crippen molar-refractivity contribution in [1.82, 2.24) is 10.6 Å². The summed E-state index contributed by atoms with van der Waals surface area (Å²) in [6.45, 7) is 5.45. The van der Waals surface area contributed by atoms with Gasteiger partial charge in [-0.3, -0.25) is 4.79 Å². The highest BCUT2D eigenvalue weighted by Crippen LogP contribution is 2.29. The van der Waals surface area contributed by atoms with E-state index in [-0.39, 0.29) is 5.91 Å². The largest absolute Gasteiger partial charge is 0.359 e. The van der Waals surface area contributed by atoms with Crippen molar-refractivity contribution in [1.29, 1.82) is 0 Å². The Balaban J connectivity index is 2.19. The zero-order valence-electron chi connectivity index (χ0n) is 10.9. The van der Waals surface area contributed by atoms with Crippen molar-refractivity contribution in [3.8, 4) is 0 Å². The third-order valence-electron chi connectivity index (χ3n) is 3.72. The molecule has 16 heavy (non-hydrogen) atoms. The van der Waals surface area contributed by atoms with Crippen LogP contribution in [0.25, 0.3) is 0 Å². The Morgan fingerprint density at radius 2 is 2.12 bits per heavy atom. The van der Waals surface area contributed by atoms with Crippen molar-refractivity contribution in [2.24, 2.45) is 11.8 Å². The first-order valence-electron chi connectivity index (χ1n) is 6.57. The summed E-state index contributed by atoms with van der Waals surface area (Å²) in [4.78, 5) is 11.1. The molecule has 1 aliphatic carbocycles. The molecule has 0 aliphatic heterocycles. The molecule has 94 valence electrons. The van der Waals surface area contributed by atoms with Gasteiger partial charge in [-0.05, 0) is 24.7 Å². The van der Waals surface area contributed by atoms with Gasteiger partial charge in [-0.1, -0.05) is 26.7 Å². The van der Waals surface area contributed by atoms with Crippen molar-refractivity contribution in [3.63, 3.8) is 0 Å². The molecule has 1 fully saturated rings. The molecule has 0 bridgehead atoms. The van der Waals surface area contributed by atoms with Crippen LogP contribution in [0.15, 0.2) is 0 Å². The van der Waals surface area contributed by atoms with E-state index in [1.54, 1.807) is 7.05 Å². The molecule has 2 N–H and O–H groups in total. The first-order chi connectivity index (χ1) is 7.63. The summed E-state index contributed by atoms with van der Waals surface area (Å²) in [7, 11) is 1.69. The zero-order valence-corrected chi connectivity index (χ0v) is 10.9. The number of rotatable bonds is 5. The summed E-state index contributed by atoms with van der Waals surface area (Å²) in [5.74, 6) is 1.79. The average Bonchev–Trinajstić information content (AvgIpc) is 2.29. The average molecular weight is 226 g/mol. The topological polar surface area (TPSA) is 41.1 Å². The molecule has 0 spiro atoms. The Bertz CT molecular complexity index is 216. The quantitative estimate of drug-likeness (QED) is 0.752. The molecule has 3 nitrogen and oxygen atoms in total. The maximum Gasteiger partial charge on any atom is 0.221 e. The highest BCUT2D eigenvalue weighted by molar-refractivity contribution is 5.75. The first kappa shape index (κ1) is 13.5. The number of hydrogen-bond donors (Lipinski definition) is 2. The summed E-state index contributed by atoms with van der Waals surface area (Å²) < 4.78 is 0. The van der Waals surface area contributed by atoms with Crippen molar-refractivity contribution in [2.45, 2.75) is 52.0 Å². The summed E-state index contributed by atoms with van der Waals surface area (Å²) >= 11 is 0. The van der Waals surface area contributed by atoms with Gasteiger partial charge in [-0.2, -0.15) is 0 Å². The molecule has 0 aromatic rings. The molecule has 2 unspecified atom stereocenters. The van der Waals surface area contributed by atoms with E-state index < -0.39 is 0 Å². The number of carbonyl (C=O) groups is 1. The van der Waals surface area contributed by atoms with E-state index in [1.807, 2.05) is 0 Å². The summed E-state index contributed by atoms with van der Waals surface area (Å²) in [5, 5.41) is 6.16. The Morgan fingerprint density at radius 1 is 1.38 bits per heavy atom. The number of carbonyl (C=O) groups excluding carboxylic acids is 1. The van der Waals surface area contributed by atoms with Gasteiger partial charge >= 0.3 is 0 Å². The predicted octanol–water partition coefficient (Wildman–Crippen LogP) is 1.93. The monoisotopic (exact) mass is 226 g/mol. The van der Waals surface area contributed by atoms with Gasteiger partial charge in [-0.25, -0.2) is 0 Å². The van der Waals surface area contributed by atoms with Crippen LogP contribution in [0.3, 0.4) is 0 Å². The molecule has 0 radical (unpaired) electrons. The van der Waals surface area contributed by atoms with E-state index in [1.165, 1.54) is 25.7 Å². The van der Waals surface area contributed by atoms with E-state index in [2.05, 4.69) is 24.5 Å². The molecule has 2 atom stereocenters. The van der Waals surface area contributed by atoms with Gasteiger partial charge in [0.15, 0.2) is 0 Å². The van der Waals surface area contributed by atoms with Crippen LogP contribution in [-0.4, -0.2) is 25.5 Å². The fourth-order valence-electron chi connectivity index (χ4n) is 2.53. The molecular formula is C13H26N2O. The van der Waals surface area contributed by atoms with Gasteiger partial charge in [0.05, 0.1) is 0 Å². The van der Waals surface area contributed by atoms with Crippen LogP contribution >= 0.6 is 0 Å². The van der Waals surface area contributed by atoms with E-state index in [0.717, 1.165) is 18.4 Å². The van der Waals surface area contributed by atoms with Crippen LogP contribution in [0.5, 0.6) is 0 Å². The third-order valence-corrected chi connectivity index (χ3v) is 3.72. The van der Waals surface area contributed by atoms with E-state index in [0.29, 0.717) is 12.5 Å². The molecule has 3 heteroatoms. The third kappa shape index (κ3) is 4.52. The van der Waals surface area contributed by atoms with Gasteiger partial charge in [-0.15, -0.1) is 0 Å². The number of hydrogen-bond acceptors (Lipinski definition) is 2. The number of amides is 1. The summed E-state index contributed by atoms with van der Waals surface area (Å²) in [6.07, 6.45) is 5.87. The molecule has 0 aromatic carbocycles. The summed E-state index contributed by atoms with van der Waals surface area (Å²) in [6, 6.07) is 0.630. The molecule has 0 aromatic heterocycles. The fourth-order valence-corrected chi connectivity index (χ4v) is 2.53. The zero-order chi connectivity index (χ0) is 12.0. The lowest BCUT2D eigenvalue weighted by atomic mass is 9.79. The Kier molecular flexibility index (Phi) is 5.81. The SMILES string of the molecule is CNC(=O)CCNC1CCCC(C(C)C)C1. The fraction of sp³-hybridized carbons (Fsp3) is 0.923. The van der Waals surface area contributed by atoms with Gasteiger partial charge in [0.2, 0.25) is 5.91 Å². The van der Waals surface area contributed by atoms with E-state index in [9.17, 15) is 4.79 Å². The smallest absolute Gasteiger partial charge is 0.221 e. The lowest BCUT2D eigenvalue weighted by Crippen LogP contribution is -2.37. The van der Waals surface area contributed by atoms with Crippen molar-refractivity contribution >= 4 is 5.91 Å². The van der Waals surface area contributed by atoms with E-state index in [4.69, 9.17) is 0 Å². The standard InChI is InChI=1S/C13H26N2O/c1-10(2)11-5-4-6-12(9-11)15-8-7-13(16)14-3/h10-12,15H,4-9H2,1-3H3,(H,14,16). The molecule has 1 saturated carbocycles. The normalized spacial score (nSPS) is 25.8. The van der Waals surface area contributed by atoms with Gasteiger partial charge in [0.25, 0.3) is 0 Å². The van der Waals surface area contributed by atoms with E-state index >= 15 is 0 Å². The van der Waals surface area contributed by atoms with Crippen molar-refractivity contribution < 1.29 is 4.79 Å². The second-order valence-corrected chi connectivity index (χ2v) is 5.24. The van der Waals surface area contributed by atoms with Crippen LogP contribution in [0.1, 0.15) is 46.0 Å². The molecule has 1 amide bonds. The minimum atomic E-state index is 0.128. The Morgan fingerprint density at radius 3 is 2.75 bits per heavy atom. The highest BCUT2D eigenvalue weighted by Gasteiger charge is 2.23. The Hall–Kier alpha value is -0.570. The highest BCUT2D eigenvalue weighted by atomic mass is 16.1. The summed E-state index contributed by atoms with van der Waals surface area (Å²) in [5.41, 5.74) is 0. The van der Waals surface area contributed by atoms with Gasteiger partial charge in [0.1, 0.15) is 0 Å². The van der Waals surface area contributed by atoms with Crippen LogP contribution < -0.4 is 10.6 Å². The van der Waals surface area contributed by atoms with Gasteiger partial charge in [0, 0.05) is 26.1 Å². The van der Waals surface area contributed by atoms with Crippen molar-refractivity contribution in [3.05, 3.63) is 0 Å². The molecule has 0 heterocycles. The predicted molar refractivity (Wildman–Crippen MR) is 67.3 cm³/mol. The second kappa shape index (κ2) is 6.89. The maximum atomic E-state index is 11.1. The second-order valence-electron chi connectivity index (χ2n) is 5.24. The van der Waals surface area contributed by atoms with Crippen LogP contribution in [0, 0.1) is 11.8 Å².